The molecule has 3 aromatic rings. The van der Waals surface area contributed by atoms with E-state index in [9.17, 15) is 14.7 Å². The van der Waals surface area contributed by atoms with Gasteiger partial charge < -0.3 is 29.8 Å². The Morgan fingerprint density at radius 3 is 2.65 bits per heavy atom. The van der Waals surface area contributed by atoms with Gasteiger partial charge in [-0.05, 0) is 36.1 Å². The van der Waals surface area contributed by atoms with Gasteiger partial charge >= 0.3 is 0 Å². The fourth-order valence-corrected chi connectivity index (χ4v) is 5.47. The Labute approximate surface area is 239 Å². The lowest BCUT2D eigenvalue weighted by atomic mass is 10.0. The Bertz CT molecular complexity index is 1250. The van der Waals surface area contributed by atoms with Crippen LogP contribution in [0.2, 0.25) is 0 Å². The molecule has 10 heteroatoms. The number of benzene rings is 2. The summed E-state index contributed by atoms with van der Waals surface area (Å²) in [6.45, 7) is 2.13. The highest BCUT2D eigenvalue weighted by molar-refractivity contribution is 7.99. The standard InChI is InChI=1S/C30H38N4O5S/c1-21(36)31-14-5-3-4-9-28(37)33-25-8-6-7-24(17-25)29-38-26(20-40-30-32-15-16-34(30)2)18-27(39-29)23-12-10-22(19-35)11-13-23/h6-8,10-13,15-17,26-27,29,35H,3-5,9,14,18-20H2,1-2H3,(H,31,36)(H,33,37)/t26-,27+,29+/m0/s1. The number of rotatable bonds is 13. The number of imidazole rings is 1. The third kappa shape index (κ3) is 8.92. The van der Waals surface area contributed by atoms with Gasteiger partial charge in [0.25, 0.3) is 0 Å². The van der Waals surface area contributed by atoms with E-state index in [-0.39, 0.29) is 30.6 Å². The number of hydrogen-bond donors (Lipinski definition) is 3. The molecule has 0 bridgehead atoms. The van der Waals surface area contributed by atoms with Gasteiger partial charge in [0.05, 0.1) is 18.8 Å². The molecule has 0 spiro atoms. The lowest BCUT2D eigenvalue weighted by Crippen LogP contribution is -2.31. The third-order valence-electron chi connectivity index (χ3n) is 6.69. The lowest BCUT2D eigenvalue weighted by molar-refractivity contribution is -0.245. The predicted molar refractivity (Wildman–Crippen MR) is 155 cm³/mol. The number of aliphatic hydroxyl groups excluding tert-OH is 1. The molecule has 2 aromatic carbocycles. The zero-order valence-electron chi connectivity index (χ0n) is 23.0. The van der Waals surface area contributed by atoms with Crippen molar-refractivity contribution in [1.29, 1.82) is 0 Å². The average molecular weight is 567 g/mol. The van der Waals surface area contributed by atoms with Crippen molar-refractivity contribution in [2.45, 2.75) is 69.3 Å². The number of nitrogens with zero attached hydrogens (tertiary/aromatic N) is 2. The fourth-order valence-electron chi connectivity index (χ4n) is 4.52. The molecule has 0 radical (unpaired) electrons. The Balaban J connectivity index is 1.40. The number of amides is 2. The number of anilines is 1. The molecule has 0 aliphatic carbocycles. The van der Waals surface area contributed by atoms with Crippen molar-refractivity contribution in [3.8, 4) is 0 Å². The molecule has 0 saturated carbocycles. The Hall–Kier alpha value is -3.18. The third-order valence-corrected chi connectivity index (χ3v) is 7.88. The highest BCUT2D eigenvalue weighted by Crippen LogP contribution is 2.39. The molecule has 3 N–H and O–H groups in total. The Morgan fingerprint density at radius 1 is 1.10 bits per heavy atom. The van der Waals surface area contributed by atoms with Crippen LogP contribution < -0.4 is 10.6 Å². The molecule has 214 valence electrons. The molecule has 1 fully saturated rings. The number of nitrogens with one attached hydrogen (secondary N) is 2. The first-order valence-electron chi connectivity index (χ1n) is 13.7. The van der Waals surface area contributed by atoms with Crippen molar-refractivity contribution in [2.24, 2.45) is 7.05 Å². The van der Waals surface area contributed by atoms with Crippen LogP contribution in [0.3, 0.4) is 0 Å². The van der Waals surface area contributed by atoms with Gasteiger partial charge in [0.2, 0.25) is 11.8 Å². The summed E-state index contributed by atoms with van der Waals surface area (Å²) in [6.07, 6.45) is 6.41. The number of carbonyl (C=O) groups is 2. The first kappa shape index (κ1) is 29.8. The second-order valence-corrected chi connectivity index (χ2v) is 10.9. The van der Waals surface area contributed by atoms with E-state index in [4.69, 9.17) is 9.47 Å². The number of hydrogen-bond acceptors (Lipinski definition) is 7. The smallest absolute Gasteiger partial charge is 0.224 e. The van der Waals surface area contributed by atoms with Gasteiger partial charge in [0.1, 0.15) is 0 Å². The van der Waals surface area contributed by atoms with Gasteiger partial charge in [-0.15, -0.1) is 0 Å². The van der Waals surface area contributed by atoms with E-state index in [1.807, 2.05) is 66.3 Å². The maximum absolute atomic E-state index is 12.5. The second-order valence-electron chi connectivity index (χ2n) is 9.95. The zero-order chi connectivity index (χ0) is 28.3. The molecule has 3 atom stereocenters. The van der Waals surface area contributed by atoms with Gasteiger partial charge in [0.15, 0.2) is 11.4 Å². The zero-order valence-corrected chi connectivity index (χ0v) is 23.9. The molecule has 1 aliphatic heterocycles. The molecular weight excluding hydrogens is 528 g/mol. The summed E-state index contributed by atoms with van der Waals surface area (Å²) in [6, 6.07) is 15.4. The minimum Gasteiger partial charge on any atom is -0.392 e. The van der Waals surface area contributed by atoms with Crippen LogP contribution in [0.5, 0.6) is 0 Å². The normalized spacial score (nSPS) is 18.8. The quantitative estimate of drug-likeness (QED) is 0.199. The van der Waals surface area contributed by atoms with E-state index in [1.165, 1.54) is 6.92 Å². The monoisotopic (exact) mass is 566 g/mol. The van der Waals surface area contributed by atoms with E-state index in [0.717, 1.165) is 41.1 Å². The van der Waals surface area contributed by atoms with Crippen LogP contribution in [0, 0.1) is 0 Å². The van der Waals surface area contributed by atoms with Crippen LogP contribution in [0.1, 0.15) is 68.1 Å². The summed E-state index contributed by atoms with van der Waals surface area (Å²) in [5.41, 5.74) is 3.41. The largest absolute Gasteiger partial charge is 0.392 e. The molecule has 1 saturated heterocycles. The molecule has 40 heavy (non-hydrogen) atoms. The van der Waals surface area contributed by atoms with Crippen molar-refractivity contribution in [3.63, 3.8) is 0 Å². The molecular formula is C30H38N4O5S. The van der Waals surface area contributed by atoms with Gasteiger partial charge in [-0.25, -0.2) is 4.98 Å². The Kier molecular flexibility index (Phi) is 11.2. The van der Waals surface area contributed by atoms with Gasteiger partial charge in [-0.2, -0.15) is 0 Å². The second kappa shape index (κ2) is 15.0. The number of aliphatic hydroxyl groups is 1. The van der Waals surface area contributed by atoms with Crippen molar-refractivity contribution in [1.82, 2.24) is 14.9 Å². The lowest BCUT2D eigenvalue weighted by Gasteiger charge is -2.36. The molecule has 1 aromatic heterocycles. The summed E-state index contributed by atoms with van der Waals surface area (Å²) in [7, 11) is 1.97. The maximum Gasteiger partial charge on any atom is 0.224 e. The number of thioether (sulfide) groups is 1. The van der Waals surface area contributed by atoms with Crippen molar-refractivity contribution in [3.05, 3.63) is 77.6 Å². The van der Waals surface area contributed by atoms with Crippen LogP contribution >= 0.6 is 11.8 Å². The highest BCUT2D eigenvalue weighted by Gasteiger charge is 2.32. The first-order valence-corrected chi connectivity index (χ1v) is 14.6. The minimum absolute atomic E-state index is 0.00391. The first-order chi connectivity index (χ1) is 19.4. The number of unbranched alkanes of at least 4 members (excludes halogenated alkanes) is 2. The highest BCUT2D eigenvalue weighted by atomic mass is 32.2. The summed E-state index contributed by atoms with van der Waals surface area (Å²) >= 11 is 1.65. The summed E-state index contributed by atoms with van der Waals surface area (Å²) in [5.74, 6) is 0.634. The fraction of sp³-hybridized carbons (Fsp3) is 0.433. The number of aromatic nitrogens is 2. The summed E-state index contributed by atoms with van der Waals surface area (Å²) in [4.78, 5) is 27.9. The van der Waals surface area contributed by atoms with E-state index in [1.54, 1.807) is 18.0 Å². The van der Waals surface area contributed by atoms with E-state index in [0.29, 0.717) is 30.8 Å². The molecule has 2 heterocycles. The Morgan fingerprint density at radius 2 is 1.93 bits per heavy atom. The number of carbonyl (C=O) groups excluding carboxylic acids is 2. The van der Waals surface area contributed by atoms with Crippen molar-refractivity contribution in [2.75, 3.05) is 17.6 Å². The molecule has 4 rings (SSSR count). The maximum atomic E-state index is 12.5. The van der Waals surface area contributed by atoms with Gasteiger partial charge in [-0.3, -0.25) is 9.59 Å². The average Bonchev–Trinajstić information content (AvgIpc) is 3.38. The van der Waals surface area contributed by atoms with Crippen LogP contribution in [0.25, 0.3) is 0 Å². The molecule has 2 amide bonds. The van der Waals surface area contributed by atoms with E-state index >= 15 is 0 Å². The van der Waals surface area contributed by atoms with Crippen LogP contribution in [0.15, 0.2) is 66.1 Å². The SMILES string of the molecule is CC(=O)NCCCCCC(=O)Nc1cccc([C@@H]2O[C@H](CSc3nccn3C)C[C@H](c3ccc(CO)cc3)O2)c1. The van der Waals surface area contributed by atoms with Crippen LogP contribution in [-0.4, -0.2) is 44.9 Å². The summed E-state index contributed by atoms with van der Waals surface area (Å²) in [5, 5.41) is 16.1. The van der Waals surface area contributed by atoms with E-state index < -0.39 is 6.29 Å². The van der Waals surface area contributed by atoms with Crippen LogP contribution in [-0.2, 0) is 32.7 Å². The minimum atomic E-state index is -0.603. The van der Waals surface area contributed by atoms with Crippen molar-refractivity contribution >= 4 is 29.3 Å². The number of ether oxygens (including phenoxy) is 2. The van der Waals surface area contributed by atoms with Gasteiger partial charge in [-0.1, -0.05) is 54.6 Å². The van der Waals surface area contributed by atoms with Crippen LogP contribution in [0.4, 0.5) is 5.69 Å². The summed E-state index contributed by atoms with van der Waals surface area (Å²) < 4.78 is 14.9. The molecule has 9 nitrogen and oxygen atoms in total. The van der Waals surface area contributed by atoms with Gasteiger partial charge in [0, 0.05) is 62.8 Å². The van der Waals surface area contributed by atoms with Crippen molar-refractivity contribution < 1.29 is 24.2 Å². The molecule has 1 aliphatic rings. The molecule has 0 unspecified atom stereocenters. The predicted octanol–water partition coefficient (Wildman–Crippen LogP) is 4.89. The topological polar surface area (TPSA) is 115 Å². The van der Waals surface area contributed by atoms with E-state index in [2.05, 4.69) is 15.6 Å². The number of aryl methyl sites for hydroxylation is 1.